The SMILES string of the molecule is O=C(NCCc1csc(-c2ccccc2)n1)[C@H]1CCCN1C(=O)c1ccco1. The molecule has 0 saturated carbocycles. The predicted molar refractivity (Wildman–Crippen MR) is 107 cm³/mol. The van der Waals surface area contributed by atoms with E-state index in [4.69, 9.17) is 4.42 Å². The Labute approximate surface area is 167 Å². The summed E-state index contributed by atoms with van der Waals surface area (Å²) in [6, 6.07) is 12.9. The van der Waals surface area contributed by atoms with Crippen molar-refractivity contribution in [2.24, 2.45) is 0 Å². The summed E-state index contributed by atoms with van der Waals surface area (Å²) in [7, 11) is 0. The fraction of sp³-hybridized carbons (Fsp3) is 0.286. The first kappa shape index (κ1) is 18.4. The van der Waals surface area contributed by atoms with Gasteiger partial charge in [0.2, 0.25) is 5.91 Å². The minimum atomic E-state index is -0.437. The van der Waals surface area contributed by atoms with Gasteiger partial charge in [0.15, 0.2) is 5.76 Å². The lowest BCUT2D eigenvalue weighted by Crippen LogP contribution is -2.46. The molecule has 2 amide bonds. The summed E-state index contributed by atoms with van der Waals surface area (Å²) in [5, 5.41) is 5.96. The molecule has 1 N–H and O–H groups in total. The number of aromatic nitrogens is 1. The third kappa shape index (κ3) is 3.99. The van der Waals surface area contributed by atoms with Crippen molar-refractivity contribution in [3.8, 4) is 10.6 Å². The van der Waals surface area contributed by atoms with Gasteiger partial charge in [-0.25, -0.2) is 4.98 Å². The van der Waals surface area contributed by atoms with Gasteiger partial charge in [-0.3, -0.25) is 9.59 Å². The number of carbonyl (C=O) groups excluding carboxylic acids is 2. The van der Waals surface area contributed by atoms with Crippen LogP contribution in [0.1, 0.15) is 29.1 Å². The fourth-order valence-corrected chi connectivity index (χ4v) is 4.25. The molecule has 144 valence electrons. The zero-order chi connectivity index (χ0) is 19.3. The van der Waals surface area contributed by atoms with E-state index in [1.807, 2.05) is 35.7 Å². The molecule has 0 unspecified atom stereocenters. The van der Waals surface area contributed by atoms with Crippen molar-refractivity contribution >= 4 is 23.2 Å². The first-order valence-corrected chi connectivity index (χ1v) is 10.2. The lowest BCUT2D eigenvalue weighted by Gasteiger charge is -2.22. The summed E-state index contributed by atoms with van der Waals surface area (Å²) in [5.74, 6) is -0.0683. The topological polar surface area (TPSA) is 75.4 Å². The molecule has 0 bridgehead atoms. The molecule has 3 aromatic rings. The number of nitrogens with zero attached hydrogens (tertiary/aromatic N) is 2. The zero-order valence-corrected chi connectivity index (χ0v) is 16.2. The second-order valence-corrected chi connectivity index (χ2v) is 7.54. The van der Waals surface area contributed by atoms with Crippen molar-refractivity contribution in [1.29, 1.82) is 0 Å². The number of amides is 2. The number of hydrogen-bond donors (Lipinski definition) is 1. The van der Waals surface area contributed by atoms with E-state index < -0.39 is 6.04 Å². The Kier molecular flexibility index (Phi) is 5.53. The van der Waals surface area contributed by atoms with E-state index in [0.717, 1.165) is 22.7 Å². The van der Waals surface area contributed by atoms with Crippen LogP contribution in [0.2, 0.25) is 0 Å². The van der Waals surface area contributed by atoms with Gasteiger partial charge < -0.3 is 14.6 Å². The van der Waals surface area contributed by atoms with E-state index >= 15 is 0 Å². The van der Waals surface area contributed by atoms with E-state index in [2.05, 4.69) is 10.3 Å². The van der Waals surface area contributed by atoms with E-state index in [-0.39, 0.29) is 17.6 Å². The highest BCUT2D eigenvalue weighted by atomic mass is 32.1. The van der Waals surface area contributed by atoms with Crippen molar-refractivity contribution in [2.75, 3.05) is 13.1 Å². The molecule has 1 fully saturated rings. The molecule has 1 saturated heterocycles. The lowest BCUT2D eigenvalue weighted by molar-refractivity contribution is -0.124. The van der Waals surface area contributed by atoms with Gasteiger partial charge in [0.1, 0.15) is 11.0 Å². The highest BCUT2D eigenvalue weighted by Gasteiger charge is 2.35. The van der Waals surface area contributed by atoms with Crippen LogP contribution in [0.15, 0.2) is 58.5 Å². The molecule has 1 aromatic carbocycles. The number of rotatable bonds is 6. The van der Waals surface area contributed by atoms with Crippen LogP contribution in [-0.2, 0) is 11.2 Å². The van der Waals surface area contributed by atoms with Crippen LogP contribution in [-0.4, -0.2) is 40.8 Å². The summed E-state index contributed by atoms with van der Waals surface area (Å²) in [6.07, 6.45) is 3.62. The molecule has 0 aliphatic carbocycles. The first-order chi connectivity index (χ1) is 13.7. The Bertz CT molecular complexity index is 937. The Morgan fingerprint density at radius 3 is 2.86 bits per heavy atom. The van der Waals surface area contributed by atoms with Crippen LogP contribution in [0.5, 0.6) is 0 Å². The minimum Gasteiger partial charge on any atom is -0.459 e. The molecular formula is C21H21N3O3S. The van der Waals surface area contributed by atoms with Gasteiger partial charge in [-0.05, 0) is 25.0 Å². The Balaban J connectivity index is 1.31. The maximum atomic E-state index is 12.6. The van der Waals surface area contributed by atoms with Gasteiger partial charge in [-0.2, -0.15) is 0 Å². The van der Waals surface area contributed by atoms with E-state index in [9.17, 15) is 9.59 Å². The molecular weight excluding hydrogens is 374 g/mol. The largest absolute Gasteiger partial charge is 0.459 e. The highest BCUT2D eigenvalue weighted by Crippen LogP contribution is 2.23. The maximum absolute atomic E-state index is 12.6. The van der Waals surface area contributed by atoms with Crippen LogP contribution in [0.3, 0.4) is 0 Å². The van der Waals surface area contributed by atoms with Crippen LogP contribution in [0, 0.1) is 0 Å². The number of hydrogen-bond acceptors (Lipinski definition) is 5. The third-order valence-electron chi connectivity index (χ3n) is 4.80. The summed E-state index contributed by atoms with van der Waals surface area (Å²) >= 11 is 1.60. The minimum absolute atomic E-state index is 0.115. The first-order valence-electron chi connectivity index (χ1n) is 9.34. The van der Waals surface area contributed by atoms with Crippen molar-refractivity contribution in [3.63, 3.8) is 0 Å². The van der Waals surface area contributed by atoms with E-state index in [0.29, 0.717) is 25.9 Å². The smallest absolute Gasteiger partial charge is 0.290 e. The van der Waals surface area contributed by atoms with Crippen molar-refractivity contribution in [3.05, 3.63) is 65.6 Å². The molecule has 1 aliphatic rings. The number of furan rings is 1. The van der Waals surface area contributed by atoms with E-state index in [1.165, 1.54) is 6.26 Å². The third-order valence-corrected chi connectivity index (χ3v) is 5.74. The van der Waals surface area contributed by atoms with Crippen LogP contribution in [0.4, 0.5) is 0 Å². The quantitative estimate of drug-likeness (QED) is 0.694. The number of nitrogens with one attached hydrogen (secondary N) is 1. The van der Waals surface area contributed by atoms with Gasteiger partial charge >= 0.3 is 0 Å². The molecule has 1 aliphatic heterocycles. The van der Waals surface area contributed by atoms with Gasteiger partial charge in [0.05, 0.1) is 12.0 Å². The van der Waals surface area contributed by atoms with E-state index in [1.54, 1.807) is 28.4 Å². The molecule has 0 radical (unpaired) electrons. The van der Waals surface area contributed by atoms with Crippen LogP contribution in [0.25, 0.3) is 10.6 Å². The van der Waals surface area contributed by atoms with Gasteiger partial charge in [0, 0.05) is 30.5 Å². The van der Waals surface area contributed by atoms with Crippen LogP contribution < -0.4 is 5.32 Å². The van der Waals surface area contributed by atoms with Crippen molar-refractivity contribution in [1.82, 2.24) is 15.2 Å². The van der Waals surface area contributed by atoms with Gasteiger partial charge in [-0.1, -0.05) is 30.3 Å². The average Bonchev–Trinajstić information content (AvgIpc) is 3.49. The van der Waals surface area contributed by atoms with Crippen molar-refractivity contribution in [2.45, 2.75) is 25.3 Å². The molecule has 1 atom stereocenters. The maximum Gasteiger partial charge on any atom is 0.290 e. The second-order valence-electron chi connectivity index (χ2n) is 6.68. The summed E-state index contributed by atoms with van der Waals surface area (Å²) in [5.41, 5.74) is 2.06. The summed E-state index contributed by atoms with van der Waals surface area (Å²) in [6.45, 7) is 1.07. The molecule has 0 spiro atoms. The number of benzene rings is 1. The molecule has 2 aromatic heterocycles. The number of thiazole rings is 1. The summed E-state index contributed by atoms with van der Waals surface area (Å²) < 4.78 is 5.18. The van der Waals surface area contributed by atoms with Gasteiger partial charge in [-0.15, -0.1) is 11.3 Å². The summed E-state index contributed by atoms with van der Waals surface area (Å²) in [4.78, 5) is 31.3. The number of likely N-dealkylation sites (tertiary alicyclic amines) is 1. The predicted octanol–water partition coefficient (Wildman–Crippen LogP) is 3.37. The molecule has 3 heterocycles. The van der Waals surface area contributed by atoms with Gasteiger partial charge in [0.25, 0.3) is 5.91 Å². The Hall–Kier alpha value is -2.93. The van der Waals surface area contributed by atoms with Crippen molar-refractivity contribution < 1.29 is 14.0 Å². The lowest BCUT2D eigenvalue weighted by atomic mass is 10.2. The molecule has 7 heteroatoms. The Morgan fingerprint density at radius 1 is 1.21 bits per heavy atom. The normalized spacial score (nSPS) is 16.3. The zero-order valence-electron chi connectivity index (χ0n) is 15.3. The standard InChI is InChI=1S/C21H21N3O3S/c25-19(17-8-4-12-24(17)21(26)18-9-5-13-27-18)22-11-10-16-14-28-20(23-16)15-6-2-1-3-7-15/h1-3,5-7,9,13-14,17H,4,8,10-12H2,(H,22,25)/t17-/m1/s1. The second kappa shape index (κ2) is 8.39. The number of carbonyl (C=O) groups is 2. The molecule has 4 rings (SSSR count). The average molecular weight is 395 g/mol. The Morgan fingerprint density at radius 2 is 2.07 bits per heavy atom. The highest BCUT2D eigenvalue weighted by molar-refractivity contribution is 7.13. The van der Waals surface area contributed by atoms with Crippen LogP contribution >= 0.6 is 11.3 Å². The fourth-order valence-electron chi connectivity index (χ4n) is 3.39. The monoisotopic (exact) mass is 395 g/mol. The molecule has 6 nitrogen and oxygen atoms in total. The molecule has 28 heavy (non-hydrogen) atoms.